The van der Waals surface area contributed by atoms with Crippen molar-refractivity contribution in [2.45, 2.75) is 25.4 Å². The highest BCUT2D eigenvalue weighted by Gasteiger charge is 2.22. The Bertz CT molecular complexity index is 471. The highest BCUT2D eigenvalue weighted by Crippen LogP contribution is 2.18. The second-order valence-corrected chi connectivity index (χ2v) is 5.68. The van der Waals surface area contributed by atoms with Crippen molar-refractivity contribution in [2.24, 2.45) is 5.92 Å². The first kappa shape index (κ1) is 12.8. The highest BCUT2D eigenvalue weighted by atomic mass is 32.2. The maximum atomic E-state index is 11.8. The Kier molecular flexibility index (Phi) is 3.74. The second kappa shape index (κ2) is 4.69. The Labute approximate surface area is 94.0 Å². The largest absolute Gasteiger partial charge is 0.475 e. The van der Waals surface area contributed by atoms with Crippen molar-refractivity contribution in [3.05, 3.63) is 17.9 Å². The number of carboxylic acids is 1. The van der Waals surface area contributed by atoms with E-state index in [4.69, 9.17) is 9.52 Å². The molecule has 1 heterocycles. The molecule has 0 aromatic carbocycles. The van der Waals surface area contributed by atoms with Crippen LogP contribution in [0.25, 0.3) is 0 Å². The molecule has 1 aromatic heterocycles. The van der Waals surface area contributed by atoms with Crippen LogP contribution in [0.2, 0.25) is 0 Å². The number of aromatic carboxylic acids is 1. The first-order chi connectivity index (χ1) is 7.36. The molecule has 0 amide bonds. The summed E-state index contributed by atoms with van der Waals surface area (Å²) in [6, 6.07) is 2.33. The maximum absolute atomic E-state index is 11.8. The summed E-state index contributed by atoms with van der Waals surface area (Å²) in [6.07, 6.45) is 0.742. The van der Waals surface area contributed by atoms with E-state index in [9.17, 15) is 13.2 Å². The molecule has 1 N–H and O–H groups in total. The van der Waals surface area contributed by atoms with Gasteiger partial charge in [0, 0.05) is 0 Å². The summed E-state index contributed by atoms with van der Waals surface area (Å²) in [5.74, 6) is -1.65. The molecule has 0 aliphatic rings. The highest BCUT2D eigenvalue weighted by molar-refractivity contribution is 7.91. The number of carbonyl (C=O) groups is 1. The van der Waals surface area contributed by atoms with Crippen LogP contribution in [0.5, 0.6) is 0 Å². The molecule has 90 valence electrons. The number of furan rings is 1. The topological polar surface area (TPSA) is 84.6 Å². The zero-order valence-corrected chi connectivity index (χ0v) is 9.95. The molecular formula is C10H14O5S. The standard InChI is InChI=1S/C10H14O5S/c1-3-7(2)6-16(13,14)9-5-4-8(15-9)10(11)12/h4-5,7H,3,6H2,1-2H3,(H,11,12). The van der Waals surface area contributed by atoms with Crippen LogP contribution < -0.4 is 0 Å². The molecule has 0 bridgehead atoms. The third-order valence-electron chi connectivity index (χ3n) is 2.30. The van der Waals surface area contributed by atoms with Gasteiger partial charge in [0.1, 0.15) is 0 Å². The van der Waals surface area contributed by atoms with Gasteiger partial charge < -0.3 is 9.52 Å². The summed E-state index contributed by atoms with van der Waals surface area (Å²) in [6.45, 7) is 3.71. The average Bonchev–Trinajstić information content (AvgIpc) is 2.66. The van der Waals surface area contributed by atoms with Gasteiger partial charge in [0.2, 0.25) is 20.7 Å². The SMILES string of the molecule is CCC(C)CS(=O)(=O)c1ccc(C(=O)O)o1. The summed E-state index contributed by atoms with van der Waals surface area (Å²) in [5.41, 5.74) is 0. The van der Waals surface area contributed by atoms with Crippen LogP contribution in [-0.4, -0.2) is 25.2 Å². The van der Waals surface area contributed by atoms with E-state index in [1.54, 1.807) is 0 Å². The minimum atomic E-state index is -3.51. The fourth-order valence-electron chi connectivity index (χ4n) is 1.18. The van der Waals surface area contributed by atoms with Gasteiger partial charge in [-0.1, -0.05) is 20.3 Å². The number of hydrogen-bond acceptors (Lipinski definition) is 4. The normalized spacial score (nSPS) is 13.6. The number of sulfone groups is 1. The van der Waals surface area contributed by atoms with E-state index < -0.39 is 15.8 Å². The Hall–Kier alpha value is -1.30. The number of carboxylic acid groups (broad SMARTS) is 1. The molecule has 0 saturated carbocycles. The molecule has 5 nitrogen and oxygen atoms in total. The fraction of sp³-hybridized carbons (Fsp3) is 0.500. The van der Waals surface area contributed by atoms with E-state index in [1.165, 1.54) is 6.07 Å². The predicted molar refractivity (Wildman–Crippen MR) is 57.2 cm³/mol. The van der Waals surface area contributed by atoms with Crippen molar-refractivity contribution in [1.82, 2.24) is 0 Å². The van der Waals surface area contributed by atoms with Gasteiger partial charge >= 0.3 is 5.97 Å². The monoisotopic (exact) mass is 246 g/mol. The van der Waals surface area contributed by atoms with Crippen molar-refractivity contribution >= 4 is 15.8 Å². The van der Waals surface area contributed by atoms with Crippen molar-refractivity contribution < 1.29 is 22.7 Å². The van der Waals surface area contributed by atoms with Gasteiger partial charge in [-0.05, 0) is 18.1 Å². The van der Waals surface area contributed by atoms with Crippen LogP contribution >= 0.6 is 0 Å². The van der Waals surface area contributed by atoms with Crippen LogP contribution in [0.1, 0.15) is 30.8 Å². The molecule has 1 atom stereocenters. The quantitative estimate of drug-likeness (QED) is 0.856. The molecule has 0 radical (unpaired) electrons. The van der Waals surface area contributed by atoms with Gasteiger partial charge in [-0.2, -0.15) is 0 Å². The van der Waals surface area contributed by atoms with Crippen LogP contribution in [0.4, 0.5) is 0 Å². The van der Waals surface area contributed by atoms with Gasteiger partial charge in [-0.15, -0.1) is 0 Å². The maximum Gasteiger partial charge on any atom is 0.371 e. The molecule has 0 saturated heterocycles. The minimum absolute atomic E-state index is 0.0170. The van der Waals surface area contributed by atoms with Gasteiger partial charge in [-0.3, -0.25) is 0 Å². The Morgan fingerprint density at radius 3 is 2.56 bits per heavy atom. The van der Waals surface area contributed by atoms with Crippen molar-refractivity contribution in [3.63, 3.8) is 0 Å². The third-order valence-corrected chi connectivity index (χ3v) is 4.14. The van der Waals surface area contributed by atoms with Crippen LogP contribution in [-0.2, 0) is 9.84 Å². The molecule has 1 rings (SSSR count). The number of rotatable bonds is 5. The summed E-state index contributed by atoms with van der Waals surface area (Å²) in [5, 5.41) is 8.33. The van der Waals surface area contributed by atoms with E-state index in [0.29, 0.717) is 0 Å². The lowest BCUT2D eigenvalue weighted by Gasteiger charge is -2.06. The zero-order chi connectivity index (χ0) is 12.3. The van der Waals surface area contributed by atoms with Crippen LogP contribution in [0.3, 0.4) is 0 Å². The molecule has 0 aliphatic heterocycles. The first-order valence-electron chi connectivity index (χ1n) is 4.92. The van der Waals surface area contributed by atoms with Crippen molar-refractivity contribution in [3.8, 4) is 0 Å². The Balaban J connectivity index is 2.94. The molecule has 6 heteroatoms. The summed E-state index contributed by atoms with van der Waals surface area (Å²) < 4.78 is 28.3. The average molecular weight is 246 g/mol. The molecule has 0 spiro atoms. The van der Waals surface area contributed by atoms with E-state index >= 15 is 0 Å². The van der Waals surface area contributed by atoms with Gasteiger partial charge in [0.15, 0.2) is 0 Å². The van der Waals surface area contributed by atoms with E-state index in [0.717, 1.165) is 12.5 Å². The first-order valence-corrected chi connectivity index (χ1v) is 6.58. The summed E-state index contributed by atoms with van der Waals surface area (Å²) in [7, 11) is -3.51. The minimum Gasteiger partial charge on any atom is -0.475 e. The van der Waals surface area contributed by atoms with Crippen molar-refractivity contribution in [2.75, 3.05) is 5.75 Å². The van der Waals surface area contributed by atoms with E-state index in [2.05, 4.69) is 0 Å². The molecule has 16 heavy (non-hydrogen) atoms. The van der Waals surface area contributed by atoms with Crippen molar-refractivity contribution in [1.29, 1.82) is 0 Å². The number of hydrogen-bond donors (Lipinski definition) is 1. The molecule has 0 aliphatic carbocycles. The summed E-state index contributed by atoms with van der Waals surface area (Å²) in [4.78, 5) is 10.5. The molecule has 1 unspecified atom stereocenters. The van der Waals surface area contributed by atoms with Crippen LogP contribution in [0.15, 0.2) is 21.6 Å². The smallest absolute Gasteiger partial charge is 0.371 e. The van der Waals surface area contributed by atoms with E-state index in [-0.39, 0.29) is 22.5 Å². The van der Waals surface area contributed by atoms with Crippen LogP contribution in [0, 0.1) is 5.92 Å². The summed E-state index contributed by atoms with van der Waals surface area (Å²) >= 11 is 0. The van der Waals surface area contributed by atoms with Gasteiger partial charge in [0.25, 0.3) is 0 Å². The lowest BCUT2D eigenvalue weighted by molar-refractivity contribution is 0.0656. The van der Waals surface area contributed by atoms with Gasteiger partial charge in [-0.25, -0.2) is 13.2 Å². The molecule has 1 aromatic rings. The fourth-order valence-corrected chi connectivity index (χ4v) is 2.82. The Morgan fingerprint density at radius 1 is 1.50 bits per heavy atom. The lowest BCUT2D eigenvalue weighted by Crippen LogP contribution is -2.12. The zero-order valence-electron chi connectivity index (χ0n) is 9.13. The van der Waals surface area contributed by atoms with E-state index in [1.807, 2.05) is 13.8 Å². The predicted octanol–water partition coefficient (Wildman–Crippen LogP) is 1.80. The molecule has 0 fully saturated rings. The molecular weight excluding hydrogens is 232 g/mol. The lowest BCUT2D eigenvalue weighted by atomic mass is 10.2. The Morgan fingerprint density at radius 2 is 2.12 bits per heavy atom. The third kappa shape index (κ3) is 2.85. The second-order valence-electron chi connectivity index (χ2n) is 3.72. The van der Waals surface area contributed by atoms with Gasteiger partial charge in [0.05, 0.1) is 5.75 Å².